The summed E-state index contributed by atoms with van der Waals surface area (Å²) in [6.07, 6.45) is 2.35. The van der Waals surface area contributed by atoms with Crippen molar-refractivity contribution in [2.24, 2.45) is 0 Å². The van der Waals surface area contributed by atoms with Crippen LogP contribution in [0.3, 0.4) is 0 Å². The minimum atomic E-state index is 0.464. The highest BCUT2D eigenvalue weighted by Crippen LogP contribution is 2.09. The highest BCUT2D eigenvalue weighted by molar-refractivity contribution is 5.28. The quantitative estimate of drug-likeness (QED) is 0.783. The molecular formula is C15H25NO. The number of nitrogens with one attached hydrogen (secondary N) is 1. The fraction of sp³-hybridized carbons (Fsp3) is 0.600. The summed E-state index contributed by atoms with van der Waals surface area (Å²) in [5, 5.41) is 3.57. The molecule has 1 aromatic rings. The van der Waals surface area contributed by atoms with Crippen molar-refractivity contribution in [1.29, 1.82) is 0 Å². The number of benzene rings is 1. The number of rotatable bonds is 7. The Hall–Kier alpha value is -0.860. The Labute approximate surface area is 105 Å². The van der Waals surface area contributed by atoms with Crippen LogP contribution in [0.5, 0.6) is 0 Å². The summed E-state index contributed by atoms with van der Waals surface area (Å²) in [5.74, 6) is 0. The summed E-state index contributed by atoms with van der Waals surface area (Å²) in [5.41, 5.74) is 4.03. The summed E-state index contributed by atoms with van der Waals surface area (Å²) < 4.78 is 5.23. The molecule has 0 saturated carbocycles. The van der Waals surface area contributed by atoms with Gasteiger partial charge in [-0.15, -0.1) is 0 Å². The number of hydrogen-bond acceptors (Lipinski definition) is 2. The van der Waals surface area contributed by atoms with E-state index in [4.69, 9.17) is 4.74 Å². The molecule has 17 heavy (non-hydrogen) atoms. The lowest BCUT2D eigenvalue weighted by Crippen LogP contribution is -2.32. The minimum Gasteiger partial charge on any atom is -0.383 e. The third-order valence-electron chi connectivity index (χ3n) is 2.88. The molecule has 0 radical (unpaired) electrons. The minimum absolute atomic E-state index is 0.464. The molecule has 0 aromatic heterocycles. The van der Waals surface area contributed by atoms with E-state index in [0.717, 1.165) is 13.2 Å². The topological polar surface area (TPSA) is 21.3 Å². The van der Waals surface area contributed by atoms with E-state index in [1.54, 1.807) is 7.11 Å². The lowest BCUT2D eigenvalue weighted by atomic mass is 10.1. The van der Waals surface area contributed by atoms with Crippen LogP contribution in [0.25, 0.3) is 0 Å². The zero-order chi connectivity index (χ0) is 12.7. The van der Waals surface area contributed by atoms with Gasteiger partial charge in [0.2, 0.25) is 0 Å². The van der Waals surface area contributed by atoms with Gasteiger partial charge in [0.05, 0.1) is 6.61 Å². The molecule has 2 heteroatoms. The SMILES string of the molecule is CCCC(COC)NCc1cc(C)cc(C)c1. The molecule has 0 aliphatic rings. The van der Waals surface area contributed by atoms with E-state index < -0.39 is 0 Å². The first-order valence-corrected chi connectivity index (χ1v) is 6.45. The Morgan fingerprint density at radius 1 is 1.18 bits per heavy atom. The maximum absolute atomic E-state index is 5.23. The molecule has 1 N–H and O–H groups in total. The number of ether oxygens (including phenoxy) is 1. The van der Waals surface area contributed by atoms with Crippen LogP contribution in [0.4, 0.5) is 0 Å². The normalized spacial score (nSPS) is 12.7. The molecular weight excluding hydrogens is 210 g/mol. The van der Waals surface area contributed by atoms with Crippen molar-refractivity contribution in [3.63, 3.8) is 0 Å². The number of aryl methyl sites for hydroxylation is 2. The van der Waals surface area contributed by atoms with Crippen LogP contribution < -0.4 is 5.32 Å². The van der Waals surface area contributed by atoms with Gasteiger partial charge in [0.1, 0.15) is 0 Å². The second kappa shape index (κ2) is 7.46. The van der Waals surface area contributed by atoms with Crippen LogP contribution in [-0.2, 0) is 11.3 Å². The van der Waals surface area contributed by atoms with Crippen molar-refractivity contribution in [2.45, 2.75) is 46.2 Å². The largest absolute Gasteiger partial charge is 0.383 e. The average molecular weight is 235 g/mol. The Kier molecular flexibility index (Phi) is 6.23. The summed E-state index contributed by atoms with van der Waals surface area (Å²) in [6.45, 7) is 8.22. The number of hydrogen-bond donors (Lipinski definition) is 1. The zero-order valence-corrected chi connectivity index (χ0v) is 11.5. The maximum atomic E-state index is 5.23. The number of methoxy groups -OCH3 is 1. The van der Waals surface area contributed by atoms with E-state index in [-0.39, 0.29) is 0 Å². The van der Waals surface area contributed by atoms with Gasteiger partial charge in [-0.2, -0.15) is 0 Å². The molecule has 96 valence electrons. The van der Waals surface area contributed by atoms with Gasteiger partial charge in [0.15, 0.2) is 0 Å². The van der Waals surface area contributed by atoms with E-state index in [9.17, 15) is 0 Å². The van der Waals surface area contributed by atoms with Crippen LogP contribution in [0.15, 0.2) is 18.2 Å². The summed E-state index contributed by atoms with van der Waals surface area (Å²) in [6, 6.07) is 7.17. The summed E-state index contributed by atoms with van der Waals surface area (Å²) >= 11 is 0. The standard InChI is InChI=1S/C15H25NO/c1-5-6-15(11-17-4)16-10-14-8-12(2)7-13(3)9-14/h7-9,15-16H,5-6,10-11H2,1-4H3. The highest BCUT2D eigenvalue weighted by Gasteiger charge is 2.06. The van der Waals surface area contributed by atoms with Gasteiger partial charge in [-0.05, 0) is 25.8 Å². The summed E-state index contributed by atoms with van der Waals surface area (Å²) in [4.78, 5) is 0. The lowest BCUT2D eigenvalue weighted by molar-refractivity contribution is 0.161. The first-order chi connectivity index (χ1) is 8.15. The van der Waals surface area contributed by atoms with Crippen LogP contribution >= 0.6 is 0 Å². The molecule has 0 amide bonds. The lowest BCUT2D eigenvalue weighted by Gasteiger charge is -2.17. The molecule has 0 aliphatic heterocycles. The van der Waals surface area contributed by atoms with Gasteiger partial charge >= 0.3 is 0 Å². The monoisotopic (exact) mass is 235 g/mol. The Morgan fingerprint density at radius 2 is 1.82 bits per heavy atom. The first kappa shape index (κ1) is 14.2. The third kappa shape index (κ3) is 5.33. The second-order valence-electron chi connectivity index (χ2n) is 4.82. The van der Waals surface area contributed by atoms with E-state index in [1.807, 2.05) is 0 Å². The van der Waals surface area contributed by atoms with Gasteiger partial charge in [-0.25, -0.2) is 0 Å². The van der Waals surface area contributed by atoms with Crippen molar-refractivity contribution >= 4 is 0 Å². The molecule has 0 aliphatic carbocycles. The average Bonchev–Trinajstić information content (AvgIpc) is 2.25. The maximum Gasteiger partial charge on any atom is 0.0615 e. The predicted molar refractivity (Wildman–Crippen MR) is 73.3 cm³/mol. The van der Waals surface area contributed by atoms with Crippen molar-refractivity contribution < 1.29 is 4.74 Å². The van der Waals surface area contributed by atoms with Crippen molar-refractivity contribution in [3.8, 4) is 0 Å². The van der Waals surface area contributed by atoms with Crippen LogP contribution in [0.2, 0.25) is 0 Å². The highest BCUT2D eigenvalue weighted by atomic mass is 16.5. The smallest absolute Gasteiger partial charge is 0.0615 e. The molecule has 1 aromatic carbocycles. The molecule has 0 fully saturated rings. The van der Waals surface area contributed by atoms with E-state index >= 15 is 0 Å². The molecule has 2 nitrogen and oxygen atoms in total. The summed E-state index contributed by atoms with van der Waals surface area (Å²) in [7, 11) is 1.77. The molecule has 0 bridgehead atoms. The fourth-order valence-corrected chi connectivity index (χ4v) is 2.23. The predicted octanol–water partition coefficient (Wildman–Crippen LogP) is 3.21. The van der Waals surface area contributed by atoms with Crippen LogP contribution in [0, 0.1) is 13.8 Å². The Balaban J connectivity index is 2.52. The molecule has 1 atom stereocenters. The van der Waals surface area contributed by atoms with Gasteiger partial charge < -0.3 is 10.1 Å². The van der Waals surface area contributed by atoms with Crippen LogP contribution in [-0.4, -0.2) is 19.8 Å². The Morgan fingerprint density at radius 3 is 2.35 bits per heavy atom. The van der Waals surface area contributed by atoms with E-state index in [1.165, 1.54) is 29.5 Å². The second-order valence-corrected chi connectivity index (χ2v) is 4.82. The molecule has 1 rings (SSSR count). The molecule has 0 saturated heterocycles. The van der Waals surface area contributed by atoms with Crippen molar-refractivity contribution in [3.05, 3.63) is 34.9 Å². The molecule has 0 spiro atoms. The van der Waals surface area contributed by atoms with Crippen molar-refractivity contribution in [2.75, 3.05) is 13.7 Å². The zero-order valence-electron chi connectivity index (χ0n) is 11.5. The molecule has 1 unspecified atom stereocenters. The van der Waals surface area contributed by atoms with Crippen LogP contribution in [0.1, 0.15) is 36.5 Å². The van der Waals surface area contributed by atoms with E-state index in [0.29, 0.717) is 6.04 Å². The van der Waals surface area contributed by atoms with Gasteiger partial charge in [-0.1, -0.05) is 42.7 Å². The van der Waals surface area contributed by atoms with E-state index in [2.05, 4.69) is 44.3 Å². The van der Waals surface area contributed by atoms with Gasteiger partial charge in [0.25, 0.3) is 0 Å². The first-order valence-electron chi connectivity index (χ1n) is 6.45. The van der Waals surface area contributed by atoms with Gasteiger partial charge in [0, 0.05) is 19.7 Å². The Bertz CT molecular complexity index is 309. The van der Waals surface area contributed by atoms with Gasteiger partial charge in [-0.3, -0.25) is 0 Å². The van der Waals surface area contributed by atoms with Crippen molar-refractivity contribution in [1.82, 2.24) is 5.32 Å². The molecule has 0 heterocycles. The third-order valence-corrected chi connectivity index (χ3v) is 2.88. The fourth-order valence-electron chi connectivity index (χ4n) is 2.23.